The van der Waals surface area contributed by atoms with Crippen LogP contribution in [0.15, 0.2) is 24.3 Å². The van der Waals surface area contributed by atoms with E-state index in [0.717, 1.165) is 4.90 Å². The largest absolute Gasteiger partial charge is 0.329 e. The van der Waals surface area contributed by atoms with Crippen LogP contribution in [0.5, 0.6) is 0 Å². The zero-order chi connectivity index (χ0) is 20.2. The van der Waals surface area contributed by atoms with Crippen LogP contribution in [0.2, 0.25) is 0 Å². The first-order chi connectivity index (χ1) is 13.4. The summed E-state index contributed by atoms with van der Waals surface area (Å²) < 4.78 is 0. The molecule has 0 radical (unpaired) electrons. The van der Waals surface area contributed by atoms with E-state index >= 15 is 0 Å². The molecule has 0 saturated carbocycles. The summed E-state index contributed by atoms with van der Waals surface area (Å²) in [4.78, 5) is 55.8. The molecule has 0 saturated heterocycles. The molecule has 0 aliphatic carbocycles. The van der Waals surface area contributed by atoms with E-state index in [1.54, 1.807) is 24.3 Å². The monoisotopic (exact) mass is 380 g/mol. The van der Waals surface area contributed by atoms with Crippen LogP contribution in [0.4, 0.5) is 0 Å². The fourth-order valence-electron chi connectivity index (χ4n) is 3.81. The van der Waals surface area contributed by atoms with Crippen LogP contribution in [-0.4, -0.2) is 78.6 Å². The first kappa shape index (κ1) is 18.3. The smallest absolute Gasteiger partial charge is 0.261 e. The van der Waals surface area contributed by atoms with Crippen molar-refractivity contribution in [2.24, 2.45) is 5.73 Å². The maximum absolute atomic E-state index is 13.0. The van der Waals surface area contributed by atoms with Gasteiger partial charge in [-0.25, -0.2) is 0 Å². The maximum atomic E-state index is 13.0. The van der Waals surface area contributed by atoms with Crippen LogP contribution >= 0.6 is 0 Å². The molecule has 0 bridgehead atoms. The molecule has 2 aromatic carbocycles. The second-order valence-electron chi connectivity index (χ2n) is 7.19. The van der Waals surface area contributed by atoms with Gasteiger partial charge in [-0.15, -0.1) is 0 Å². The van der Waals surface area contributed by atoms with Crippen molar-refractivity contribution in [3.8, 4) is 0 Å². The minimum atomic E-state index is -0.457. The molecule has 0 atom stereocenters. The highest BCUT2D eigenvalue weighted by Gasteiger charge is 2.39. The molecule has 4 amide bonds. The Morgan fingerprint density at radius 1 is 0.714 bits per heavy atom. The molecule has 2 aliphatic rings. The van der Waals surface area contributed by atoms with E-state index in [4.69, 9.17) is 5.73 Å². The summed E-state index contributed by atoms with van der Waals surface area (Å²) in [5, 5.41) is 0.771. The average molecular weight is 380 g/mol. The molecule has 8 nitrogen and oxygen atoms in total. The third kappa shape index (κ3) is 2.45. The number of hydrogen-bond acceptors (Lipinski definition) is 6. The molecule has 8 heteroatoms. The highest BCUT2D eigenvalue weighted by Crippen LogP contribution is 2.37. The van der Waals surface area contributed by atoms with Gasteiger partial charge in [0.05, 0.1) is 0 Å². The Balaban J connectivity index is 1.92. The molecule has 2 aromatic rings. The Morgan fingerprint density at radius 3 is 1.39 bits per heavy atom. The Labute approximate surface area is 161 Å². The number of carbonyl (C=O) groups is 4. The van der Waals surface area contributed by atoms with E-state index in [1.165, 1.54) is 4.90 Å². The van der Waals surface area contributed by atoms with Crippen molar-refractivity contribution in [2.45, 2.75) is 0 Å². The Morgan fingerprint density at radius 2 is 1.07 bits per heavy atom. The van der Waals surface area contributed by atoms with E-state index in [1.807, 2.05) is 19.0 Å². The van der Waals surface area contributed by atoms with Crippen LogP contribution < -0.4 is 5.73 Å². The molecular formula is C20H20N4O4. The van der Waals surface area contributed by atoms with Crippen LogP contribution in [-0.2, 0) is 0 Å². The van der Waals surface area contributed by atoms with Crippen molar-refractivity contribution in [1.82, 2.24) is 14.7 Å². The summed E-state index contributed by atoms with van der Waals surface area (Å²) in [7, 11) is 3.73. The summed E-state index contributed by atoms with van der Waals surface area (Å²) in [6, 6.07) is 6.25. The first-order valence-corrected chi connectivity index (χ1v) is 9.03. The molecule has 28 heavy (non-hydrogen) atoms. The van der Waals surface area contributed by atoms with Crippen molar-refractivity contribution in [1.29, 1.82) is 0 Å². The number of rotatable bonds is 5. The highest BCUT2D eigenvalue weighted by molar-refractivity contribution is 6.33. The van der Waals surface area contributed by atoms with Gasteiger partial charge in [0, 0.05) is 59.2 Å². The lowest BCUT2D eigenvalue weighted by atomic mass is 9.86. The first-order valence-electron chi connectivity index (χ1n) is 9.03. The standard InChI is InChI=1S/C20H20N4O4/c1-22(2)9-10-24-19(27)13-5-3-11-15-12(4-6-14(16(13)15)20(24)28)18(26)23(8-7-21)17(11)25/h3-6H,7-10,21H2,1-2H3. The van der Waals surface area contributed by atoms with E-state index in [-0.39, 0.29) is 19.6 Å². The molecule has 2 heterocycles. The molecule has 0 unspecified atom stereocenters. The lowest BCUT2D eigenvalue weighted by molar-refractivity contribution is 0.0585. The third-order valence-electron chi connectivity index (χ3n) is 5.19. The minimum Gasteiger partial charge on any atom is -0.329 e. The van der Waals surface area contributed by atoms with Crippen molar-refractivity contribution in [2.75, 3.05) is 40.3 Å². The Hall–Kier alpha value is -3.10. The number of imide groups is 2. The second-order valence-corrected chi connectivity index (χ2v) is 7.19. The summed E-state index contributed by atoms with van der Waals surface area (Å²) >= 11 is 0. The number of benzene rings is 2. The quantitative estimate of drug-likeness (QED) is 0.760. The summed E-state index contributed by atoms with van der Waals surface area (Å²) in [5.41, 5.74) is 6.83. The molecule has 2 N–H and O–H groups in total. The van der Waals surface area contributed by atoms with Crippen LogP contribution in [0.3, 0.4) is 0 Å². The number of carbonyl (C=O) groups excluding carboxylic acids is 4. The fourth-order valence-corrected chi connectivity index (χ4v) is 3.81. The van der Waals surface area contributed by atoms with E-state index < -0.39 is 23.6 Å². The van der Waals surface area contributed by atoms with Gasteiger partial charge < -0.3 is 10.6 Å². The fraction of sp³-hybridized carbons (Fsp3) is 0.300. The topological polar surface area (TPSA) is 104 Å². The second kappa shape index (κ2) is 6.50. The number of likely N-dealkylation sites (N-methyl/N-ethyl adjacent to an activating group) is 1. The van der Waals surface area contributed by atoms with Crippen molar-refractivity contribution < 1.29 is 19.2 Å². The normalized spacial score (nSPS) is 16.0. The summed E-state index contributed by atoms with van der Waals surface area (Å²) in [5.74, 6) is -1.73. The highest BCUT2D eigenvalue weighted by atomic mass is 16.2. The van der Waals surface area contributed by atoms with E-state index in [2.05, 4.69) is 0 Å². The average Bonchev–Trinajstić information content (AvgIpc) is 2.67. The number of hydrogen-bond donors (Lipinski definition) is 1. The molecule has 0 aromatic heterocycles. The number of nitrogens with zero attached hydrogens (tertiary/aromatic N) is 3. The molecule has 2 aliphatic heterocycles. The lowest BCUT2D eigenvalue weighted by Crippen LogP contribution is -2.45. The third-order valence-corrected chi connectivity index (χ3v) is 5.19. The number of nitrogens with two attached hydrogens (primary N) is 1. The van der Waals surface area contributed by atoms with E-state index in [9.17, 15) is 19.2 Å². The van der Waals surface area contributed by atoms with Crippen LogP contribution in [0.25, 0.3) is 10.8 Å². The van der Waals surface area contributed by atoms with Gasteiger partial charge in [-0.3, -0.25) is 29.0 Å². The van der Waals surface area contributed by atoms with Gasteiger partial charge in [-0.1, -0.05) is 0 Å². The van der Waals surface area contributed by atoms with Crippen molar-refractivity contribution in [3.05, 3.63) is 46.5 Å². The van der Waals surface area contributed by atoms with E-state index in [0.29, 0.717) is 39.6 Å². The molecule has 4 rings (SSSR count). The number of amides is 4. The van der Waals surface area contributed by atoms with Crippen LogP contribution in [0.1, 0.15) is 41.4 Å². The zero-order valence-electron chi connectivity index (χ0n) is 15.7. The summed E-state index contributed by atoms with van der Waals surface area (Å²) in [6.45, 7) is 1.07. The predicted octanol–water partition coefficient (Wildman–Crippen LogP) is 0.552. The van der Waals surface area contributed by atoms with Gasteiger partial charge in [-0.05, 0) is 38.4 Å². The van der Waals surface area contributed by atoms with Crippen molar-refractivity contribution >= 4 is 34.4 Å². The molecule has 0 fully saturated rings. The zero-order valence-corrected chi connectivity index (χ0v) is 15.7. The Kier molecular flexibility index (Phi) is 4.24. The van der Waals surface area contributed by atoms with Gasteiger partial charge in [-0.2, -0.15) is 0 Å². The van der Waals surface area contributed by atoms with Crippen molar-refractivity contribution in [3.63, 3.8) is 0 Å². The summed E-state index contributed by atoms with van der Waals surface area (Å²) in [6.07, 6.45) is 0. The predicted molar refractivity (Wildman–Crippen MR) is 102 cm³/mol. The van der Waals surface area contributed by atoms with Gasteiger partial charge >= 0.3 is 0 Å². The van der Waals surface area contributed by atoms with Gasteiger partial charge in [0.15, 0.2) is 0 Å². The Bertz CT molecular complexity index is 989. The van der Waals surface area contributed by atoms with Gasteiger partial charge in [0.25, 0.3) is 23.6 Å². The molecular weight excluding hydrogens is 360 g/mol. The SMILES string of the molecule is CN(C)CCN1C(=O)c2ccc3c4c(ccc(c24)C1=O)C(=O)N(CCN)C3=O. The molecule has 144 valence electrons. The lowest BCUT2D eigenvalue weighted by Gasteiger charge is -2.32. The minimum absolute atomic E-state index is 0.109. The van der Waals surface area contributed by atoms with Gasteiger partial charge in [0.2, 0.25) is 0 Å². The molecule has 0 spiro atoms. The van der Waals surface area contributed by atoms with Crippen LogP contribution in [0, 0.1) is 0 Å². The maximum Gasteiger partial charge on any atom is 0.261 e. The van der Waals surface area contributed by atoms with Gasteiger partial charge in [0.1, 0.15) is 0 Å².